The Balaban J connectivity index is 2.10. The van der Waals surface area contributed by atoms with Crippen molar-refractivity contribution in [3.8, 4) is 0 Å². The topological polar surface area (TPSA) is 48.4 Å². The van der Waals surface area contributed by atoms with Crippen LogP contribution < -0.4 is 10.2 Å². The fourth-order valence-corrected chi connectivity index (χ4v) is 2.34. The van der Waals surface area contributed by atoms with Crippen molar-refractivity contribution in [1.29, 1.82) is 0 Å². The van der Waals surface area contributed by atoms with Crippen molar-refractivity contribution in [2.75, 3.05) is 25.0 Å². The third-order valence-electron chi connectivity index (χ3n) is 3.25. The molecule has 94 valence electrons. The van der Waals surface area contributed by atoms with E-state index in [1.165, 1.54) is 11.1 Å². The number of aliphatic hydroxyl groups excluding tert-OH is 1. The average Bonchev–Trinajstić information content (AvgIpc) is 2.31. The highest BCUT2D eigenvalue weighted by Crippen LogP contribution is 2.22. The average molecular weight is 235 g/mol. The van der Waals surface area contributed by atoms with Gasteiger partial charge in [-0.2, -0.15) is 0 Å². The van der Waals surface area contributed by atoms with E-state index in [1.807, 2.05) is 13.2 Å². The van der Waals surface area contributed by atoms with E-state index in [0.29, 0.717) is 0 Å². The van der Waals surface area contributed by atoms with E-state index in [2.05, 4.69) is 28.2 Å². The van der Waals surface area contributed by atoms with Gasteiger partial charge in [0.1, 0.15) is 5.82 Å². The first kappa shape index (κ1) is 12.3. The first-order chi connectivity index (χ1) is 8.20. The minimum absolute atomic E-state index is 0.130. The van der Waals surface area contributed by atoms with Gasteiger partial charge in [-0.3, -0.25) is 0 Å². The van der Waals surface area contributed by atoms with E-state index in [1.54, 1.807) is 0 Å². The Kier molecular flexibility index (Phi) is 3.97. The molecule has 0 amide bonds. The monoisotopic (exact) mass is 235 g/mol. The second-order valence-electron chi connectivity index (χ2n) is 4.73. The number of aromatic nitrogens is 1. The van der Waals surface area contributed by atoms with Crippen LogP contribution in [0.2, 0.25) is 0 Å². The van der Waals surface area contributed by atoms with Gasteiger partial charge in [-0.15, -0.1) is 0 Å². The first-order valence-electron chi connectivity index (χ1n) is 6.24. The van der Waals surface area contributed by atoms with Gasteiger partial charge in [-0.25, -0.2) is 4.98 Å². The zero-order chi connectivity index (χ0) is 12.3. The molecular weight excluding hydrogens is 214 g/mol. The number of nitrogens with one attached hydrogen (secondary N) is 1. The minimum Gasteiger partial charge on any atom is -0.393 e. The summed E-state index contributed by atoms with van der Waals surface area (Å²) in [7, 11) is 1.94. The molecule has 0 aromatic carbocycles. The second kappa shape index (κ2) is 5.47. The van der Waals surface area contributed by atoms with Gasteiger partial charge in [0, 0.05) is 25.8 Å². The maximum Gasteiger partial charge on any atom is 0.131 e. The van der Waals surface area contributed by atoms with Crippen LogP contribution in [0.3, 0.4) is 0 Å². The number of aryl methyl sites for hydroxylation is 1. The second-order valence-corrected chi connectivity index (χ2v) is 4.73. The summed E-state index contributed by atoms with van der Waals surface area (Å²) >= 11 is 0. The highest BCUT2D eigenvalue weighted by molar-refractivity contribution is 5.47. The zero-order valence-corrected chi connectivity index (χ0v) is 10.6. The van der Waals surface area contributed by atoms with E-state index >= 15 is 0 Å². The Bertz CT molecular complexity index is 373. The van der Waals surface area contributed by atoms with Crippen molar-refractivity contribution in [3.05, 3.63) is 23.4 Å². The molecule has 1 aromatic rings. The number of rotatable bonds is 3. The van der Waals surface area contributed by atoms with Crippen molar-refractivity contribution in [2.24, 2.45) is 0 Å². The molecule has 1 aliphatic rings. The molecule has 2 rings (SSSR count). The lowest BCUT2D eigenvalue weighted by Gasteiger charge is -2.31. The SMILES string of the molecule is CNCc1cnc(N2CCC(O)CC2)c(C)c1. The lowest BCUT2D eigenvalue weighted by atomic mass is 10.1. The molecule has 0 spiro atoms. The number of pyridine rings is 1. The van der Waals surface area contributed by atoms with E-state index in [9.17, 15) is 5.11 Å². The molecule has 2 heterocycles. The summed E-state index contributed by atoms with van der Waals surface area (Å²) in [6.07, 6.45) is 3.50. The van der Waals surface area contributed by atoms with E-state index in [4.69, 9.17) is 0 Å². The van der Waals surface area contributed by atoms with Gasteiger partial charge < -0.3 is 15.3 Å². The van der Waals surface area contributed by atoms with Crippen molar-refractivity contribution in [1.82, 2.24) is 10.3 Å². The molecule has 0 radical (unpaired) electrons. The van der Waals surface area contributed by atoms with E-state index in [0.717, 1.165) is 38.3 Å². The lowest BCUT2D eigenvalue weighted by Crippen LogP contribution is -2.36. The van der Waals surface area contributed by atoms with Gasteiger partial charge in [0.15, 0.2) is 0 Å². The molecule has 0 saturated carbocycles. The minimum atomic E-state index is -0.130. The summed E-state index contributed by atoms with van der Waals surface area (Å²) in [6.45, 7) is 4.76. The molecule has 0 unspecified atom stereocenters. The smallest absolute Gasteiger partial charge is 0.131 e. The Morgan fingerprint density at radius 1 is 1.47 bits per heavy atom. The van der Waals surface area contributed by atoms with Crippen LogP contribution in [0.4, 0.5) is 5.82 Å². The molecular formula is C13H21N3O. The van der Waals surface area contributed by atoms with Crippen molar-refractivity contribution in [2.45, 2.75) is 32.4 Å². The van der Waals surface area contributed by atoms with Gasteiger partial charge in [-0.1, -0.05) is 0 Å². The predicted octanol–water partition coefficient (Wildman–Crippen LogP) is 1.07. The Morgan fingerprint density at radius 2 is 2.18 bits per heavy atom. The largest absolute Gasteiger partial charge is 0.393 e. The molecule has 2 N–H and O–H groups in total. The van der Waals surface area contributed by atoms with Crippen molar-refractivity contribution < 1.29 is 5.11 Å². The van der Waals surface area contributed by atoms with E-state index < -0.39 is 0 Å². The Hall–Kier alpha value is -1.13. The Labute approximate surface area is 103 Å². The van der Waals surface area contributed by atoms with Crippen molar-refractivity contribution in [3.63, 3.8) is 0 Å². The van der Waals surface area contributed by atoms with Gasteiger partial charge in [-0.05, 0) is 44.0 Å². The van der Waals surface area contributed by atoms with Gasteiger partial charge in [0.25, 0.3) is 0 Å². The fraction of sp³-hybridized carbons (Fsp3) is 0.615. The third kappa shape index (κ3) is 2.96. The van der Waals surface area contributed by atoms with Crippen LogP contribution in [-0.4, -0.2) is 36.3 Å². The number of aliphatic hydroxyl groups is 1. The van der Waals surface area contributed by atoms with Crippen LogP contribution in [0.15, 0.2) is 12.3 Å². The van der Waals surface area contributed by atoms with Gasteiger partial charge in [0.05, 0.1) is 6.10 Å². The molecule has 0 bridgehead atoms. The molecule has 4 nitrogen and oxygen atoms in total. The van der Waals surface area contributed by atoms with Crippen LogP contribution in [0.1, 0.15) is 24.0 Å². The molecule has 1 aromatic heterocycles. The predicted molar refractivity (Wildman–Crippen MR) is 69.2 cm³/mol. The number of anilines is 1. The number of hydrogen-bond donors (Lipinski definition) is 2. The molecule has 4 heteroatoms. The fourth-order valence-electron chi connectivity index (χ4n) is 2.34. The summed E-state index contributed by atoms with van der Waals surface area (Å²) in [6, 6.07) is 2.18. The van der Waals surface area contributed by atoms with E-state index in [-0.39, 0.29) is 6.10 Å². The van der Waals surface area contributed by atoms with Crippen LogP contribution >= 0.6 is 0 Å². The highest BCUT2D eigenvalue weighted by Gasteiger charge is 2.19. The molecule has 0 atom stereocenters. The maximum atomic E-state index is 9.50. The van der Waals surface area contributed by atoms with Crippen LogP contribution in [0.5, 0.6) is 0 Å². The maximum absolute atomic E-state index is 9.50. The molecule has 1 aliphatic heterocycles. The lowest BCUT2D eigenvalue weighted by molar-refractivity contribution is 0.145. The standard InChI is InChI=1S/C13H21N3O/c1-10-7-11(8-14-2)9-15-13(10)16-5-3-12(17)4-6-16/h7,9,12,14,17H,3-6,8H2,1-2H3. The summed E-state index contributed by atoms with van der Waals surface area (Å²) < 4.78 is 0. The van der Waals surface area contributed by atoms with Crippen LogP contribution in [-0.2, 0) is 6.54 Å². The van der Waals surface area contributed by atoms with Crippen LogP contribution in [0.25, 0.3) is 0 Å². The molecule has 0 aliphatic carbocycles. The summed E-state index contributed by atoms with van der Waals surface area (Å²) in [5.74, 6) is 1.07. The van der Waals surface area contributed by atoms with Gasteiger partial charge >= 0.3 is 0 Å². The molecule has 1 saturated heterocycles. The molecule has 1 fully saturated rings. The number of hydrogen-bond acceptors (Lipinski definition) is 4. The number of nitrogens with zero attached hydrogens (tertiary/aromatic N) is 2. The first-order valence-corrected chi connectivity index (χ1v) is 6.24. The summed E-state index contributed by atoms with van der Waals surface area (Å²) in [5, 5.41) is 12.6. The third-order valence-corrected chi connectivity index (χ3v) is 3.25. The van der Waals surface area contributed by atoms with Gasteiger partial charge in [0.2, 0.25) is 0 Å². The quantitative estimate of drug-likeness (QED) is 0.823. The normalized spacial score (nSPS) is 17.5. The summed E-state index contributed by atoms with van der Waals surface area (Å²) in [4.78, 5) is 6.82. The number of piperidine rings is 1. The van der Waals surface area contributed by atoms with Crippen LogP contribution in [0, 0.1) is 6.92 Å². The van der Waals surface area contributed by atoms with Crippen molar-refractivity contribution >= 4 is 5.82 Å². The summed E-state index contributed by atoms with van der Waals surface area (Å²) in [5.41, 5.74) is 2.43. The molecule has 17 heavy (non-hydrogen) atoms. The zero-order valence-electron chi connectivity index (χ0n) is 10.6. The Morgan fingerprint density at radius 3 is 2.76 bits per heavy atom. The highest BCUT2D eigenvalue weighted by atomic mass is 16.3.